The third kappa shape index (κ3) is 3.82. The summed E-state index contributed by atoms with van der Waals surface area (Å²) in [6.07, 6.45) is 0.978. The van der Waals surface area contributed by atoms with Crippen LogP contribution in [0, 0.1) is 11.3 Å². The SMILES string of the molecule is COc1cc2c(cc1OC)CN(CCNc1snc(Cl)c1C#N)CC2. The summed E-state index contributed by atoms with van der Waals surface area (Å²) in [5.41, 5.74) is 3.00. The second-order valence-electron chi connectivity index (χ2n) is 5.72. The summed E-state index contributed by atoms with van der Waals surface area (Å²) in [5.74, 6) is 1.54. The number of hydrogen-bond acceptors (Lipinski definition) is 7. The van der Waals surface area contributed by atoms with Crippen molar-refractivity contribution in [1.29, 1.82) is 5.26 Å². The van der Waals surface area contributed by atoms with Crippen LogP contribution in [0.2, 0.25) is 5.15 Å². The van der Waals surface area contributed by atoms with Crippen LogP contribution in [0.15, 0.2) is 12.1 Å². The van der Waals surface area contributed by atoms with Gasteiger partial charge in [-0.2, -0.15) is 9.64 Å². The van der Waals surface area contributed by atoms with Gasteiger partial charge < -0.3 is 14.8 Å². The van der Waals surface area contributed by atoms with E-state index in [0.29, 0.717) is 5.56 Å². The fourth-order valence-electron chi connectivity index (χ4n) is 2.95. The average molecular weight is 379 g/mol. The van der Waals surface area contributed by atoms with Gasteiger partial charge in [-0.05, 0) is 41.2 Å². The van der Waals surface area contributed by atoms with Gasteiger partial charge in [-0.15, -0.1) is 0 Å². The number of methoxy groups -OCH3 is 2. The number of fused-ring (bicyclic) bond motifs is 1. The first kappa shape index (κ1) is 17.8. The lowest BCUT2D eigenvalue weighted by atomic mass is 9.99. The first-order chi connectivity index (χ1) is 12.2. The number of nitriles is 1. The lowest BCUT2D eigenvalue weighted by molar-refractivity contribution is 0.262. The quantitative estimate of drug-likeness (QED) is 0.832. The summed E-state index contributed by atoms with van der Waals surface area (Å²) in [4.78, 5) is 2.37. The molecule has 1 aliphatic rings. The van der Waals surface area contributed by atoms with Gasteiger partial charge in [0.1, 0.15) is 16.6 Å². The monoisotopic (exact) mass is 378 g/mol. The maximum absolute atomic E-state index is 9.10. The highest BCUT2D eigenvalue weighted by atomic mass is 35.5. The van der Waals surface area contributed by atoms with E-state index < -0.39 is 0 Å². The number of hydrogen-bond donors (Lipinski definition) is 1. The Labute approximate surface area is 156 Å². The van der Waals surface area contributed by atoms with Crippen LogP contribution >= 0.6 is 23.1 Å². The molecule has 0 unspecified atom stereocenters. The molecule has 1 N–H and O–H groups in total. The van der Waals surface area contributed by atoms with Crippen molar-refractivity contribution in [2.24, 2.45) is 0 Å². The summed E-state index contributed by atoms with van der Waals surface area (Å²) in [5, 5.41) is 13.4. The molecule has 0 saturated carbocycles. The molecule has 0 amide bonds. The average Bonchev–Trinajstić information content (AvgIpc) is 3.00. The molecule has 1 aromatic heterocycles. The first-order valence-corrected chi connectivity index (χ1v) is 9.06. The third-order valence-corrected chi connectivity index (χ3v) is 5.45. The topological polar surface area (TPSA) is 70.4 Å². The Bertz CT molecular complexity index is 803. The molecule has 8 heteroatoms. The highest BCUT2D eigenvalue weighted by Crippen LogP contribution is 2.33. The van der Waals surface area contributed by atoms with E-state index in [4.69, 9.17) is 26.3 Å². The fourth-order valence-corrected chi connectivity index (χ4v) is 3.91. The van der Waals surface area contributed by atoms with Crippen LogP contribution in [0.5, 0.6) is 11.5 Å². The molecule has 0 fully saturated rings. The molecule has 0 radical (unpaired) electrons. The maximum Gasteiger partial charge on any atom is 0.162 e. The van der Waals surface area contributed by atoms with Crippen molar-refractivity contribution in [3.63, 3.8) is 0 Å². The van der Waals surface area contributed by atoms with Crippen molar-refractivity contribution < 1.29 is 9.47 Å². The van der Waals surface area contributed by atoms with Gasteiger partial charge >= 0.3 is 0 Å². The number of benzene rings is 1. The summed E-state index contributed by atoms with van der Waals surface area (Å²) in [6.45, 7) is 3.45. The van der Waals surface area contributed by atoms with E-state index in [1.807, 2.05) is 0 Å². The Morgan fingerprint density at radius 1 is 1.32 bits per heavy atom. The Morgan fingerprint density at radius 2 is 2.04 bits per heavy atom. The number of aromatic nitrogens is 1. The van der Waals surface area contributed by atoms with Crippen molar-refractivity contribution in [2.75, 3.05) is 39.2 Å². The predicted molar refractivity (Wildman–Crippen MR) is 98.9 cm³/mol. The smallest absolute Gasteiger partial charge is 0.162 e. The van der Waals surface area contributed by atoms with Gasteiger partial charge in [-0.1, -0.05) is 11.6 Å². The molecule has 0 atom stereocenters. The minimum atomic E-state index is 0.267. The van der Waals surface area contributed by atoms with Gasteiger partial charge in [0, 0.05) is 26.2 Å². The number of nitrogens with zero attached hydrogens (tertiary/aromatic N) is 3. The van der Waals surface area contributed by atoms with Gasteiger partial charge in [0.2, 0.25) is 0 Å². The van der Waals surface area contributed by atoms with Crippen molar-refractivity contribution in [3.05, 3.63) is 34.0 Å². The first-order valence-electron chi connectivity index (χ1n) is 7.91. The third-order valence-electron chi connectivity index (χ3n) is 4.27. The van der Waals surface area contributed by atoms with Gasteiger partial charge in [-0.3, -0.25) is 4.90 Å². The largest absolute Gasteiger partial charge is 0.493 e. The second kappa shape index (κ2) is 7.91. The number of nitrogens with one attached hydrogen (secondary N) is 1. The molecule has 0 bridgehead atoms. The number of halogens is 1. The maximum atomic E-state index is 9.10. The highest BCUT2D eigenvalue weighted by molar-refractivity contribution is 7.10. The molecule has 0 aliphatic carbocycles. The van der Waals surface area contributed by atoms with Gasteiger partial charge in [0.15, 0.2) is 16.7 Å². The molecule has 1 aromatic carbocycles. The van der Waals surface area contributed by atoms with Crippen LogP contribution in [0.3, 0.4) is 0 Å². The molecule has 132 valence electrons. The number of anilines is 1. The lowest BCUT2D eigenvalue weighted by Gasteiger charge is -2.29. The molecule has 0 saturated heterocycles. The summed E-state index contributed by atoms with van der Waals surface area (Å²) in [6, 6.07) is 6.21. The number of ether oxygens (including phenoxy) is 2. The van der Waals surface area contributed by atoms with E-state index in [1.54, 1.807) is 14.2 Å². The predicted octanol–water partition coefficient (Wildman–Crippen LogP) is 3.16. The van der Waals surface area contributed by atoms with E-state index >= 15 is 0 Å². The molecule has 0 spiro atoms. The van der Waals surface area contributed by atoms with Crippen molar-refractivity contribution in [1.82, 2.24) is 9.27 Å². The van der Waals surface area contributed by atoms with Crippen LogP contribution in [-0.4, -0.2) is 43.1 Å². The summed E-state index contributed by atoms with van der Waals surface area (Å²) in [7, 11) is 3.31. The van der Waals surface area contributed by atoms with E-state index in [-0.39, 0.29) is 5.15 Å². The van der Waals surface area contributed by atoms with E-state index in [2.05, 4.69) is 32.8 Å². The molecule has 25 heavy (non-hydrogen) atoms. The second-order valence-corrected chi connectivity index (χ2v) is 6.85. The van der Waals surface area contributed by atoms with Crippen molar-refractivity contribution in [3.8, 4) is 17.6 Å². The van der Waals surface area contributed by atoms with E-state index in [0.717, 1.165) is 49.1 Å². The highest BCUT2D eigenvalue weighted by Gasteiger charge is 2.19. The minimum Gasteiger partial charge on any atom is -0.493 e. The van der Waals surface area contributed by atoms with Crippen molar-refractivity contribution in [2.45, 2.75) is 13.0 Å². The lowest BCUT2D eigenvalue weighted by Crippen LogP contribution is -2.34. The van der Waals surface area contributed by atoms with E-state index in [1.165, 1.54) is 22.7 Å². The zero-order valence-electron chi connectivity index (χ0n) is 14.1. The molecule has 1 aliphatic heterocycles. The molecule has 3 rings (SSSR count). The molecule has 2 heterocycles. The molecule has 2 aromatic rings. The fraction of sp³-hybridized carbons (Fsp3) is 0.412. The molecule has 6 nitrogen and oxygen atoms in total. The Kier molecular flexibility index (Phi) is 5.63. The van der Waals surface area contributed by atoms with Gasteiger partial charge in [0.05, 0.1) is 14.2 Å². The Morgan fingerprint density at radius 3 is 2.72 bits per heavy atom. The van der Waals surface area contributed by atoms with Crippen LogP contribution in [0.25, 0.3) is 0 Å². The van der Waals surface area contributed by atoms with Crippen LogP contribution in [0.1, 0.15) is 16.7 Å². The summed E-state index contributed by atoms with van der Waals surface area (Å²) < 4.78 is 14.8. The molecular weight excluding hydrogens is 360 g/mol. The zero-order chi connectivity index (χ0) is 17.8. The zero-order valence-corrected chi connectivity index (χ0v) is 15.7. The van der Waals surface area contributed by atoms with Crippen molar-refractivity contribution >= 4 is 28.1 Å². The minimum absolute atomic E-state index is 0.267. The Hall–Kier alpha value is -2.01. The van der Waals surface area contributed by atoms with Crippen LogP contribution in [0.4, 0.5) is 5.00 Å². The normalized spacial score (nSPS) is 13.8. The summed E-state index contributed by atoms with van der Waals surface area (Å²) >= 11 is 7.11. The molecular formula is C17H19ClN4O2S. The Balaban J connectivity index is 1.60. The van der Waals surface area contributed by atoms with E-state index in [9.17, 15) is 0 Å². The van der Waals surface area contributed by atoms with Crippen LogP contribution in [-0.2, 0) is 13.0 Å². The van der Waals surface area contributed by atoms with Gasteiger partial charge in [0.25, 0.3) is 0 Å². The van der Waals surface area contributed by atoms with Gasteiger partial charge in [-0.25, -0.2) is 0 Å². The van der Waals surface area contributed by atoms with Crippen LogP contribution < -0.4 is 14.8 Å². The standard InChI is InChI=1S/C17H19ClN4O2S/c1-23-14-7-11-3-5-22(10-12(11)8-15(14)24-2)6-4-20-17-13(9-19)16(18)21-25-17/h7-8,20H,3-6,10H2,1-2H3. The number of rotatable bonds is 6.